The Labute approximate surface area is 173 Å². The van der Waals surface area contributed by atoms with E-state index in [9.17, 15) is 9.18 Å². The molecule has 3 aromatic rings. The van der Waals surface area contributed by atoms with Crippen molar-refractivity contribution in [1.82, 2.24) is 4.90 Å². The van der Waals surface area contributed by atoms with Crippen LogP contribution in [0.1, 0.15) is 17.2 Å². The summed E-state index contributed by atoms with van der Waals surface area (Å²) < 4.78 is 30.1. The summed E-state index contributed by atoms with van der Waals surface area (Å²) in [5.41, 5.74) is 1.90. The number of rotatable bonds is 6. The first-order valence-corrected chi connectivity index (χ1v) is 9.85. The van der Waals surface area contributed by atoms with Crippen molar-refractivity contribution in [2.45, 2.75) is 18.6 Å². The van der Waals surface area contributed by atoms with Crippen LogP contribution in [0.25, 0.3) is 0 Å². The molecule has 0 N–H and O–H groups in total. The predicted molar refractivity (Wildman–Crippen MR) is 108 cm³/mol. The number of nitrogens with zero attached hydrogens (tertiary/aromatic N) is 1. The van der Waals surface area contributed by atoms with Crippen molar-refractivity contribution in [3.8, 4) is 17.2 Å². The Balaban J connectivity index is 1.39. The number of halogens is 1. The van der Waals surface area contributed by atoms with E-state index < -0.39 is 6.10 Å². The van der Waals surface area contributed by atoms with Gasteiger partial charge in [0.25, 0.3) is 5.91 Å². The van der Waals surface area contributed by atoms with E-state index in [1.807, 2.05) is 48.5 Å². The second kappa shape index (κ2) is 7.71. The zero-order chi connectivity index (χ0) is 20.5. The van der Waals surface area contributed by atoms with Gasteiger partial charge in [0.1, 0.15) is 17.6 Å². The fourth-order valence-electron chi connectivity index (χ4n) is 3.88. The van der Waals surface area contributed by atoms with Gasteiger partial charge in [0, 0.05) is 6.54 Å². The molecule has 0 radical (unpaired) electrons. The van der Waals surface area contributed by atoms with Gasteiger partial charge < -0.3 is 19.1 Å². The standard InChI is InChI=1S/C24H20FNO4/c25-18-9-6-16(7-10-18)12-13-26-22(17-8-11-20-21(14-17)29-15-28-20)23(24(26)27)30-19-4-2-1-3-5-19/h1-11,14,22-23H,12-13,15H2. The smallest absolute Gasteiger partial charge is 0.266 e. The average Bonchev–Trinajstić information content (AvgIpc) is 3.25. The molecule has 30 heavy (non-hydrogen) atoms. The Morgan fingerprint density at radius 1 is 0.967 bits per heavy atom. The van der Waals surface area contributed by atoms with Crippen molar-refractivity contribution in [1.29, 1.82) is 0 Å². The van der Waals surface area contributed by atoms with Crippen LogP contribution < -0.4 is 14.2 Å². The Hall–Kier alpha value is -3.54. The second-order valence-electron chi connectivity index (χ2n) is 7.32. The van der Waals surface area contributed by atoms with Crippen LogP contribution >= 0.6 is 0 Å². The third-order valence-corrected chi connectivity index (χ3v) is 5.45. The minimum Gasteiger partial charge on any atom is -0.478 e. The highest BCUT2D eigenvalue weighted by atomic mass is 19.1. The molecule has 0 bridgehead atoms. The number of fused-ring (bicyclic) bond motifs is 1. The number of hydrogen-bond acceptors (Lipinski definition) is 4. The van der Waals surface area contributed by atoms with E-state index in [-0.39, 0.29) is 24.6 Å². The van der Waals surface area contributed by atoms with Gasteiger partial charge in [-0.05, 0) is 53.9 Å². The van der Waals surface area contributed by atoms with E-state index in [1.54, 1.807) is 17.0 Å². The molecule has 2 unspecified atom stereocenters. The van der Waals surface area contributed by atoms with Crippen molar-refractivity contribution in [3.05, 3.63) is 89.7 Å². The van der Waals surface area contributed by atoms with Gasteiger partial charge in [0.15, 0.2) is 11.5 Å². The van der Waals surface area contributed by atoms with Gasteiger partial charge in [0.05, 0.1) is 0 Å². The van der Waals surface area contributed by atoms with Crippen LogP contribution in [0, 0.1) is 5.82 Å². The number of ether oxygens (including phenoxy) is 3. The Bertz CT molecular complexity index is 1050. The molecule has 0 spiro atoms. The summed E-state index contributed by atoms with van der Waals surface area (Å²) in [5.74, 6) is 1.68. The first-order chi connectivity index (χ1) is 14.7. The minimum atomic E-state index is -0.610. The summed E-state index contributed by atoms with van der Waals surface area (Å²) in [6.45, 7) is 0.707. The van der Waals surface area contributed by atoms with E-state index in [4.69, 9.17) is 14.2 Å². The Morgan fingerprint density at radius 2 is 1.73 bits per heavy atom. The summed E-state index contributed by atoms with van der Waals surface area (Å²) >= 11 is 0. The van der Waals surface area contributed by atoms with Gasteiger partial charge in [-0.2, -0.15) is 0 Å². The maximum Gasteiger partial charge on any atom is 0.266 e. The molecule has 2 atom stereocenters. The van der Waals surface area contributed by atoms with Crippen LogP contribution in [0.15, 0.2) is 72.8 Å². The van der Waals surface area contributed by atoms with Gasteiger partial charge in [-0.15, -0.1) is 0 Å². The second-order valence-corrected chi connectivity index (χ2v) is 7.32. The SMILES string of the molecule is O=C1C(Oc2ccccc2)C(c2ccc3c(c2)OCO3)N1CCc1ccc(F)cc1. The molecule has 3 aromatic carbocycles. The molecule has 1 amide bonds. The zero-order valence-electron chi connectivity index (χ0n) is 16.2. The number of carbonyl (C=O) groups excluding carboxylic acids is 1. The fourth-order valence-corrected chi connectivity index (χ4v) is 3.88. The van der Waals surface area contributed by atoms with Crippen molar-refractivity contribution < 1.29 is 23.4 Å². The molecule has 5 nitrogen and oxygen atoms in total. The number of amides is 1. The summed E-state index contributed by atoms with van der Waals surface area (Å²) in [6, 6.07) is 21.2. The molecule has 1 fully saturated rings. The van der Waals surface area contributed by atoms with Gasteiger partial charge in [0.2, 0.25) is 12.9 Å². The molecule has 6 heteroatoms. The lowest BCUT2D eigenvalue weighted by atomic mass is 9.89. The quantitative estimate of drug-likeness (QED) is 0.579. The van der Waals surface area contributed by atoms with Crippen molar-refractivity contribution in [3.63, 3.8) is 0 Å². The van der Waals surface area contributed by atoms with Gasteiger partial charge in [-0.3, -0.25) is 4.79 Å². The predicted octanol–water partition coefficient (Wildman–Crippen LogP) is 4.13. The molecular formula is C24H20FNO4. The lowest BCUT2D eigenvalue weighted by molar-refractivity contribution is -0.164. The maximum atomic E-state index is 13.2. The van der Waals surface area contributed by atoms with Crippen LogP contribution in [-0.2, 0) is 11.2 Å². The molecule has 2 aliphatic rings. The summed E-state index contributed by atoms with van der Waals surface area (Å²) in [4.78, 5) is 14.7. The number of para-hydroxylation sites is 1. The van der Waals surface area contributed by atoms with Crippen LogP contribution in [0.3, 0.4) is 0 Å². The lowest BCUT2D eigenvalue weighted by Gasteiger charge is -2.47. The number of carbonyl (C=O) groups is 1. The van der Waals surface area contributed by atoms with Crippen molar-refractivity contribution >= 4 is 5.91 Å². The first kappa shape index (κ1) is 18.5. The van der Waals surface area contributed by atoms with Crippen LogP contribution in [0.4, 0.5) is 4.39 Å². The highest BCUT2D eigenvalue weighted by Gasteiger charge is 2.50. The molecule has 1 saturated heterocycles. The van der Waals surface area contributed by atoms with E-state index in [2.05, 4.69) is 0 Å². The van der Waals surface area contributed by atoms with Crippen molar-refractivity contribution in [2.24, 2.45) is 0 Å². The van der Waals surface area contributed by atoms with Crippen molar-refractivity contribution in [2.75, 3.05) is 13.3 Å². The normalized spacial score (nSPS) is 19.5. The molecule has 0 aliphatic carbocycles. The monoisotopic (exact) mass is 405 g/mol. The average molecular weight is 405 g/mol. The maximum absolute atomic E-state index is 13.2. The fraction of sp³-hybridized carbons (Fsp3) is 0.208. The lowest BCUT2D eigenvalue weighted by Crippen LogP contribution is -2.61. The minimum absolute atomic E-state index is 0.0661. The van der Waals surface area contributed by atoms with E-state index in [0.29, 0.717) is 30.2 Å². The highest BCUT2D eigenvalue weighted by molar-refractivity contribution is 5.89. The molecule has 0 aromatic heterocycles. The van der Waals surface area contributed by atoms with Crippen LogP contribution in [0.5, 0.6) is 17.2 Å². The first-order valence-electron chi connectivity index (χ1n) is 9.85. The third-order valence-electron chi connectivity index (χ3n) is 5.45. The summed E-state index contributed by atoms with van der Waals surface area (Å²) in [6.07, 6.45) is 0.0199. The zero-order valence-corrected chi connectivity index (χ0v) is 16.2. The highest BCUT2D eigenvalue weighted by Crippen LogP contribution is 2.42. The van der Waals surface area contributed by atoms with E-state index >= 15 is 0 Å². The topological polar surface area (TPSA) is 48.0 Å². The van der Waals surface area contributed by atoms with Crippen LogP contribution in [0.2, 0.25) is 0 Å². The van der Waals surface area contributed by atoms with E-state index in [0.717, 1.165) is 11.1 Å². The van der Waals surface area contributed by atoms with Gasteiger partial charge in [-0.25, -0.2) is 4.39 Å². The van der Waals surface area contributed by atoms with E-state index in [1.165, 1.54) is 12.1 Å². The van der Waals surface area contributed by atoms with Gasteiger partial charge >= 0.3 is 0 Å². The molecule has 0 saturated carbocycles. The summed E-state index contributed by atoms with van der Waals surface area (Å²) in [7, 11) is 0. The number of hydrogen-bond donors (Lipinski definition) is 0. The third kappa shape index (κ3) is 3.45. The number of benzene rings is 3. The molecular weight excluding hydrogens is 385 g/mol. The molecule has 5 rings (SSSR count). The molecule has 2 heterocycles. The molecule has 2 aliphatic heterocycles. The molecule has 152 valence electrons. The largest absolute Gasteiger partial charge is 0.478 e. The van der Waals surface area contributed by atoms with Crippen LogP contribution in [-0.4, -0.2) is 30.2 Å². The Morgan fingerprint density at radius 3 is 2.53 bits per heavy atom. The Kier molecular flexibility index (Phi) is 4.75. The summed E-state index contributed by atoms with van der Waals surface area (Å²) in [5, 5.41) is 0. The number of likely N-dealkylation sites (tertiary alicyclic amines) is 1. The number of β-lactam (4-membered cyclic amide) rings is 1. The van der Waals surface area contributed by atoms with Gasteiger partial charge in [-0.1, -0.05) is 36.4 Å².